The summed E-state index contributed by atoms with van der Waals surface area (Å²) in [5.41, 5.74) is 2.03. The Hall–Kier alpha value is -2.11. The Balaban J connectivity index is 2.31. The van der Waals surface area contributed by atoms with Crippen LogP contribution in [0.5, 0.6) is 0 Å². The third-order valence-corrected chi connectivity index (χ3v) is 7.64. The molecule has 14 heteroatoms. The average molecular weight is 714 g/mol. The number of nitrogens with zero attached hydrogens (tertiary/aromatic N) is 4. The third kappa shape index (κ3) is 19.8. The van der Waals surface area contributed by atoms with Crippen molar-refractivity contribution in [2.75, 3.05) is 97.3 Å². The zero-order valence-corrected chi connectivity index (χ0v) is 31.7. The number of hydrogen-bond donors (Lipinski definition) is 2. The molecular weight excluding hydrogens is 652 g/mol. The standard InChI is InChI=1S/C35H61N4O9S/c1-28-23-29(9-10-32(28)36-37-33-38(8)11-22-49-33)39(24-30(26-47-34(2,3)4)45-20-18-43-15-13-41)25-31(27-48-35(5,6)7)46-21-19-44-17-16-42-14-12-40/h9-11,22-23,30-31,40-41H,12-21,24-27H2,1-8H3/q+1. The molecule has 2 aromatic rings. The van der Waals surface area contributed by atoms with Crippen molar-refractivity contribution < 1.29 is 47.9 Å². The van der Waals surface area contributed by atoms with Crippen molar-refractivity contribution in [3.8, 4) is 0 Å². The Kier molecular flexibility index (Phi) is 20.5. The van der Waals surface area contributed by atoms with Gasteiger partial charge in [-0.15, -0.1) is 0 Å². The van der Waals surface area contributed by atoms with Crippen LogP contribution in [0, 0.1) is 6.92 Å². The number of aliphatic hydroxyl groups is 2. The number of ether oxygens (including phenoxy) is 7. The maximum Gasteiger partial charge on any atom is 0.408 e. The number of aromatic nitrogens is 1. The molecule has 0 spiro atoms. The molecule has 280 valence electrons. The fraction of sp³-hybridized carbons (Fsp3) is 0.743. The molecule has 2 N–H and O–H groups in total. The summed E-state index contributed by atoms with van der Waals surface area (Å²) in [6.07, 6.45) is 1.38. The molecule has 2 unspecified atom stereocenters. The lowest BCUT2D eigenvalue weighted by Gasteiger charge is -2.34. The third-order valence-electron chi connectivity index (χ3n) is 6.81. The predicted octanol–water partition coefficient (Wildman–Crippen LogP) is 4.54. The quantitative estimate of drug-likeness (QED) is 0.0813. The molecule has 1 aromatic carbocycles. The van der Waals surface area contributed by atoms with E-state index in [9.17, 15) is 0 Å². The number of azo groups is 1. The Morgan fingerprint density at radius 2 is 1.27 bits per heavy atom. The molecule has 49 heavy (non-hydrogen) atoms. The summed E-state index contributed by atoms with van der Waals surface area (Å²) < 4.78 is 43.4. The first-order chi connectivity index (χ1) is 23.3. The minimum Gasteiger partial charge on any atom is -0.394 e. The molecule has 0 saturated carbocycles. The normalized spacial score (nSPS) is 13.8. The number of benzene rings is 1. The van der Waals surface area contributed by atoms with Crippen molar-refractivity contribution in [1.82, 2.24) is 0 Å². The van der Waals surface area contributed by atoms with Crippen molar-refractivity contribution in [3.63, 3.8) is 0 Å². The van der Waals surface area contributed by atoms with Gasteiger partial charge in [-0.05, 0) is 88.7 Å². The minimum atomic E-state index is -0.351. The fourth-order valence-electron chi connectivity index (χ4n) is 4.34. The van der Waals surface area contributed by atoms with Crippen molar-refractivity contribution >= 4 is 27.8 Å². The van der Waals surface area contributed by atoms with Crippen LogP contribution in [0.1, 0.15) is 47.1 Å². The Morgan fingerprint density at radius 3 is 1.71 bits per heavy atom. The first-order valence-corrected chi connectivity index (χ1v) is 17.9. The molecule has 13 nitrogen and oxygen atoms in total. The van der Waals surface area contributed by atoms with E-state index in [2.05, 4.69) is 21.2 Å². The molecule has 1 aromatic heterocycles. The van der Waals surface area contributed by atoms with Gasteiger partial charge in [-0.25, -0.2) is 4.57 Å². The van der Waals surface area contributed by atoms with E-state index in [1.165, 1.54) is 11.3 Å². The van der Waals surface area contributed by atoms with Gasteiger partial charge in [0, 0.05) is 24.2 Å². The summed E-state index contributed by atoms with van der Waals surface area (Å²) in [5.74, 6) is 0. The minimum absolute atomic E-state index is 0.0128. The Bertz CT molecular complexity index is 1190. The van der Waals surface area contributed by atoms with Gasteiger partial charge >= 0.3 is 5.13 Å². The molecule has 1 heterocycles. The van der Waals surface area contributed by atoms with E-state index in [-0.39, 0.29) is 43.2 Å². The van der Waals surface area contributed by atoms with E-state index < -0.39 is 0 Å². The number of hydrogen-bond acceptors (Lipinski definition) is 13. The highest BCUT2D eigenvalue weighted by Gasteiger charge is 2.25. The second-order valence-corrected chi connectivity index (χ2v) is 14.4. The molecule has 2 atom stereocenters. The maximum atomic E-state index is 9.09. The van der Waals surface area contributed by atoms with E-state index in [0.29, 0.717) is 72.6 Å². The van der Waals surface area contributed by atoms with Gasteiger partial charge in [-0.3, -0.25) is 0 Å². The topological polar surface area (TPSA) is 137 Å². The first-order valence-electron chi connectivity index (χ1n) is 17.0. The average Bonchev–Trinajstić information content (AvgIpc) is 3.45. The largest absolute Gasteiger partial charge is 0.408 e. The summed E-state index contributed by atoms with van der Waals surface area (Å²) in [6.45, 7) is 18.8. The second-order valence-electron chi connectivity index (χ2n) is 13.5. The van der Waals surface area contributed by atoms with Crippen LogP contribution < -0.4 is 9.47 Å². The van der Waals surface area contributed by atoms with Crippen LogP contribution in [0.4, 0.5) is 16.5 Å². The fourth-order valence-corrected chi connectivity index (χ4v) is 5.02. The number of rotatable bonds is 26. The van der Waals surface area contributed by atoms with E-state index in [1.807, 2.05) is 83.8 Å². The summed E-state index contributed by atoms with van der Waals surface area (Å²) in [4.78, 5) is 2.23. The van der Waals surface area contributed by atoms with Crippen LogP contribution in [-0.2, 0) is 40.2 Å². The highest BCUT2D eigenvalue weighted by atomic mass is 32.1. The molecule has 0 fully saturated rings. The summed E-state index contributed by atoms with van der Waals surface area (Å²) in [7, 11) is 1.95. The highest BCUT2D eigenvalue weighted by molar-refractivity contribution is 7.12. The van der Waals surface area contributed by atoms with Crippen molar-refractivity contribution in [3.05, 3.63) is 35.3 Å². The smallest absolute Gasteiger partial charge is 0.394 e. The Labute approximate surface area is 297 Å². The van der Waals surface area contributed by atoms with Crippen LogP contribution in [-0.4, -0.2) is 126 Å². The molecular formula is C35H61N4O9S+. The summed E-state index contributed by atoms with van der Waals surface area (Å²) in [5, 5.41) is 29.7. The van der Waals surface area contributed by atoms with Gasteiger partial charge < -0.3 is 48.3 Å². The van der Waals surface area contributed by atoms with Crippen LogP contribution in [0.15, 0.2) is 40.0 Å². The molecule has 0 saturated heterocycles. The van der Waals surface area contributed by atoms with E-state index in [1.54, 1.807) is 0 Å². The van der Waals surface area contributed by atoms with E-state index in [0.717, 1.165) is 22.1 Å². The summed E-state index contributed by atoms with van der Waals surface area (Å²) in [6, 6.07) is 6.12. The predicted molar refractivity (Wildman–Crippen MR) is 191 cm³/mol. The first kappa shape index (κ1) is 43.1. The van der Waals surface area contributed by atoms with E-state index in [4.69, 9.17) is 43.4 Å². The molecule has 0 aliphatic carbocycles. The van der Waals surface area contributed by atoms with Crippen LogP contribution in [0.2, 0.25) is 0 Å². The van der Waals surface area contributed by atoms with Crippen molar-refractivity contribution in [1.29, 1.82) is 0 Å². The van der Waals surface area contributed by atoms with Crippen LogP contribution >= 0.6 is 11.3 Å². The molecule has 2 rings (SSSR count). The number of aryl methyl sites for hydroxylation is 2. The van der Waals surface area contributed by atoms with Gasteiger partial charge in [0.2, 0.25) is 0 Å². The van der Waals surface area contributed by atoms with Gasteiger partial charge in [0.1, 0.15) is 11.9 Å². The Morgan fingerprint density at radius 1 is 0.755 bits per heavy atom. The lowest BCUT2D eigenvalue weighted by Crippen LogP contribution is -2.45. The molecule has 0 aliphatic rings. The maximum absolute atomic E-state index is 9.09. The monoisotopic (exact) mass is 713 g/mol. The molecule has 0 aliphatic heterocycles. The van der Waals surface area contributed by atoms with Crippen LogP contribution in [0.25, 0.3) is 0 Å². The zero-order chi connectivity index (χ0) is 36.1. The molecule has 0 bridgehead atoms. The van der Waals surface area contributed by atoms with Crippen molar-refractivity contribution in [2.45, 2.75) is 71.9 Å². The number of thiazole rings is 1. The zero-order valence-electron chi connectivity index (χ0n) is 30.9. The lowest BCUT2D eigenvalue weighted by atomic mass is 10.1. The summed E-state index contributed by atoms with van der Waals surface area (Å²) >= 11 is 1.53. The van der Waals surface area contributed by atoms with E-state index >= 15 is 0 Å². The molecule has 0 radical (unpaired) electrons. The number of anilines is 1. The van der Waals surface area contributed by atoms with Gasteiger partial charge in [0.05, 0.1) is 115 Å². The SMILES string of the molecule is Cc1cc(N(CC(COC(C)(C)C)OCCOCCO)CC(COC(C)(C)C)OCCOCCOCCO)ccc1/N=N/c1scc[n+]1C. The van der Waals surface area contributed by atoms with Gasteiger partial charge in [-0.1, -0.05) is 0 Å². The second kappa shape index (κ2) is 23.4. The molecule has 0 amide bonds. The number of aliphatic hydroxyl groups excluding tert-OH is 2. The van der Waals surface area contributed by atoms with Crippen LogP contribution in [0.3, 0.4) is 0 Å². The highest BCUT2D eigenvalue weighted by Crippen LogP contribution is 2.28. The van der Waals surface area contributed by atoms with Gasteiger partial charge in [0.15, 0.2) is 0 Å². The lowest BCUT2D eigenvalue weighted by molar-refractivity contribution is -0.654. The van der Waals surface area contributed by atoms with Gasteiger partial charge in [0.25, 0.3) is 0 Å². The van der Waals surface area contributed by atoms with Crippen molar-refractivity contribution in [2.24, 2.45) is 17.3 Å². The van der Waals surface area contributed by atoms with Gasteiger partial charge in [-0.2, -0.15) is 0 Å².